The average Bonchev–Trinajstić information content (AvgIpc) is 2.89. The van der Waals surface area contributed by atoms with Gasteiger partial charge in [-0.2, -0.15) is 0 Å². The third-order valence-electron chi connectivity index (χ3n) is 3.14. The van der Waals surface area contributed by atoms with Crippen molar-refractivity contribution in [1.29, 1.82) is 0 Å². The fraction of sp³-hybridized carbons (Fsp3) is 0.455. The smallest absolute Gasteiger partial charge is 0.270 e. The number of non-ortho nitro benzene ring substituents is 1. The Morgan fingerprint density at radius 2 is 2.25 bits per heavy atom. The summed E-state index contributed by atoms with van der Waals surface area (Å²) < 4.78 is 26.7. The second-order valence-corrected chi connectivity index (χ2v) is 6.73. The van der Waals surface area contributed by atoms with E-state index in [2.05, 4.69) is 10.0 Å². The molecule has 1 saturated heterocycles. The van der Waals surface area contributed by atoms with Gasteiger partial charge in [-0.05, 0) is 31.5 Å². The van der Waals surface area contributed by atoms with Crippen molar-refractivity contribution in [3.63, 3.8) is 0 Å². The predicted octanol–water partition coefficient (Wildman–Crippen LogP) is 1.14. The lowest BCUT2D eigenvalue weighted by atomic mass is 10.1. The van der Waals surface area contributed by atoms with Crippen LogP contribution in [0.15, 0.2) is 23.1 Å². The van der Waals surface area contributed by atoms with Gasteiger partial charge in [-0.1, -0.05) is 11.6 Å². The minimum absolute atomic E-state index is 0.0346. The van der Waals surface area contributed by atoms with E-state index in [0.29, 0.717) is 0 Å². The summed E-state index contributed by atoms with van der Waals surface area (Å²) >= 11 is 5.83. The molecular weight excluding hydrogens is 306 g/mol. The number of rotatable bonds is 5. The molecular formula is C11H14ClN3O4S. The minimum Gasteiger partial charge on any atom is -0.316 e. The number of nitro benzene ring substituents is 1. The quantitative estimate of drug-likeness (QED) is 0.626. The Labute approximate surface area is 121 Å². The van der Waals surface area contributed by atoms with Gasteiger partial charge in [0.15, 0.2) is 0 Å². The summed E-state index contributed by atoms with van der Waals surface area (Å²) in [5, 5.41) is 13.8. The van der Waals surface area contributed by atoms with Gasteiger partial charge in [0.25, 0.3) is 5.69 Å². The molecule has 2 N–H and O–H groups in total. The molecule has 0 aliphatic carbocycles. The Bertz CT molecular complexity index is 614. The molecule has 1 aliphatic rings. The molecule has 7 nitrogen and oxygen atoms in total. The molecule has 2 rings (SSSR count). The number of benzene rings is 1. The second-order valence-electron chi connectivity index (χ2n) is 4.58. The van der Waals surface area contributed by atoms with Gasteiger partial charge in [-0.15, -0.1) is 0 Å². The van der Waals surface area contributed by atoms with Crippen molar-refractivity contribution in [2.45, 2.75) is 11.3 Å². The van der Waals surface area contributed by atoms with Crippen LogP contribution in [-0.2, 0) is 10.0 Å². The topological polar surface area (TPSA) is 101 Å². The van der Waals surface area contributed by atoms with E-state index in [1.54, 1.807) is 0 Å². The molecule has 1 aromatic carbocycles. The highest BCUT2D eigenvalue weighted by Gasteiger charge is 2.23. The summed E-state index contributed by atoms with van der Waals surface area (Å²) in [5.74, 6) is 0.224. The van der Waals surface area contributed by atoms with Crippen molar-refractivity contribution in [3.8, 4) is 0 Å². The van der Waals surface area contributed by atoms with Crippen molar-refractivity contribution in [3.05, 3.63) is 33.3 Å². The summed E-state index contributed by atoms with van der Waals surface area (Å²) in [6.07, 6.45) is 0.894. The molecule has 110 valence electrons. The zero-order valence-electron chi connectivity index (χ0n) is 10.5. The summed E-state index contributed by atoms with van der Waals surface area (Å²) in [7, 11) is -3.85. The fourth-order valence-electron chi connectivity index (χ4n) is 2.01. The van der Waals surface area contributed by atoms with Crippen molar-refractivity contribution >= 4 is 27.3 Å². The van der Waals surface area contributed by atoms with Gasteiger partial charge in [0.05, 0.1) is 9.95 Å². The van der Waals surface area contributed by atoms with Gasteiger partial charge in [0, 0.05) is 18.7 Å². The summed E-state index contributed by atoms with van der Waals surface area (Å²) in [6, 6.07) is 3.35. The maximum Gasteiger partial charge on any atom is 0.270 e. The maximum atomic E-state index is 12.1. The zero-order valence-corrected chi connectivity index (χ0v) is 12.1. The van der Waals surface area contributed by atoms with Crippen LogP contribution in [0.5, 0.6) is 0 Å². The zero-order chi connectivity index (χ0) is 14.8. The van der Waals surface area contributed by atoms with E-state index in [4.69, 9.17) is 11.6 Å². The van der Waals surface area contributed by atoms with Crippen molar-refractivity contribution in [2.75, 3.05) is 19.6 Å². The molecule has 0 aromatic heterocycles. The van der Waals surface area contributed by atoms with E-state index in [1.807, 2.05) is 0 Å². The second kappa shape index (κ2) is 6.04. The van der Waals surface area contributed by atoms with Gasteiger partial charge in [0.2, 0.25) is 10.0 Å². The van der Waals surface area contributed by atoms with Crippen LogP contribution in [0.2, 0.25) is 5.02 Å². The third-order valence-corrected chi connectivity index (χ3v) is 5.04. The maximum absolute atomic E-state index is 12.1. The van der Waals surface area contributed by atoms with Gasteiger partial charge in [0.1, 0.15) is 4.90 Å². The lowest BCUT2D eigenvalue weighted by Crippen LogP contribution is -2.30. The first-order valence-corrected chi connectivity index (χ1v) is 7.90. The Kier molecular flexibility index (Phi) is 4.59. The lowest BCUT2D eigenvalue weighted by Gasteiger charge is -2.11. The first-order valence-electron chi connectivity index (χ1n) is 6.04. The van der Waals surface area contributed by atoms with Gasteiger partial charge >= 0.3 is 0 Å². The molecule has 1 aromatic rings. The van der Waals surface area contributed by atoms with Crippen LogP contribution in [0.1, 0.15) is 6.42 Å². The number of hydrogen-bond acceptors (Lipinski definition) is 5. The SMILES string of the molecule is O=[N+]([O-])c1ccc(Cl)c(S(=O)(=O)NCC2CCNC2)c1. The molecule has 0 saturated carbocycles. The highest BCUT2D eigenvalue weighted by atomic mass is 35.5. The minimum atomic E-state index is -3.85. The number of sulfonamides is 1. The van der Waals surface area contributed by atoms with E-state index in [-0.39, 0.29) is 28.1 Å². The van der Waals surface area contributed by atoms with Crippen LogP contribution in [0.3, 0.4) is 0 Å². The Hall–Kier alpha value is -1.22. The molecule has 0 radical (unpaired) electrons. The molecule has 0 amide bonds. The molecule has 20 heavy (non-hydrogen) atoms. The highest BCUT2D eigenvalue weighted by Crippen LogP contribution is 2.26. The number of halogens is 1. The number of hydrogen-bond donors (Lipinski definition) is 2. The highest BCUT2D eigenvalue weighted by molar-refractivity contribution is 7.89. The van der Waals surface area contributed by atoms with E-state index in [9.17, 15) is 18.5 Å². The Morgan fingerprint density at radius 3 is 2.85 bits per heavy atom. The van der Waals surface area contributed by atoms with E-state index >= 15 is 0 Å². The molecule has 1 fully saturated rings. The summed E-state index contributed by atoms with van der Waals surface area (Å²) in [5.41, 5.74) is -0.308. The van der Waals surface area contributed by atoms with E-state index < -0.39 is 14.9 Å². The normalized spacial score (nSPS) is 19.1. The molecule has 1 heterocycles. The van der Waals surface area contributed by atoms with Crippen LogP contribution in [0.4, 0.5) is 5.69 Å². The van der Waals surface area contributed by atoms with E-state index in [1.165, 1.54) is 12.1 Å². The molecule has 9 heteroatoms. The van der Waals surface area contributed by atoms with Gasteiger partial charge in [-0.25, -0.2) is 13.1 Å². The lowest BCUT2D eigenvalue weighted by molar-refractivity contribution is -0.385. The predicted molar refractivity (Wildman–Crippen MR) is 74.3 cm³/mol. The van der Waals surface area contributed by atoms with Gasteiger partial charge in [-0.3, -0.25) is 10.1 Å². The van der Waals surface area contributed by atoms with Crippen molar-refractivity contribution < 1.29 is 13.3 Å². The first kappa shape index (κ1) is 15.2. The standard InChI is InChI=1S/C11H14ClN3O4S/c12-10-2-1-9(15(16)17)5-11(10)20(18,19)14-7-8-3-4-13-6-8/h1-2,5,8,13-14H,3-4,6-7H2. The van der Waals surface area contributed by atoms with E-state index in [0.717, 1.165) is 25.6 Å². The molecule has 0 spiro atoms. The van der Waals surface area contributed by atoms with Crippen molar-refractivity contribution in [2.24, 2.45) is 5.92 Å². The molecule has 1 atom stereocenters. The summed E-state index contributed by atoms with van der Waals surface area (Å²) in [6.45, 7) is 1.91. The first-order chi connectivity index (χ1) is 9.40. The van der Waals surface area contributed by atoms with Crippen LogP contribution in [0.25, 0.3) is 0 Å². The largest absolute Gasteiger partial charge is 0.316 e. The average molecular weight is 320 g/mol. The Balaban J connectivity index is 2.19. The number of nitro groups is 1. The molecule has 1 aliphatic heterocycles. The van der Waals surface area contributed by atoms with Crippen LogP contribution < -0.4 is 10.0 Å². The van der Waals surface area contributed by atoms with Gasteiger partial charge < -0.3 is 5.32 Å². The Morgan fingerprint density at radius 1 is 1.50 bits per heavy atom. The third kappa shape index (κ3) is 3.45. The fourth-order valence-corrected chi connectivity index (χ4v) is 3.64. The van der Waals surface area contributed by atoms with Crippen LogP contribution in [-0.4, -0.2) is 33.0 Å². The monoisotopic (exact) mass is 319 g/mol. The van der Waals surface area contributed by atoms with Crippen molar-refractivity contribution in [1.82, 2.24) is 10.0 Å². The number of nitrogens with zero attached hydrogens (tertiary/aromatic N) is 1. The molecule has 0 bridgehead atoms. The summed E-state index contributed by atoms with van der Waals surface area (Å²) in [4.78, 5) is 9.78. The van der Waals surface area contributed by atoms with Crippen LogP contribution in [0, 0.1) is 16.0 Å². The van der Waals surface area contributed by atoms with Crippen LogP contribution >= 0.6 is 11.6 Å². The number of nitrogens with one attached hydrogen (secondary N) is 2. The molecule has 1 unspecified atom stereocenters.